The molecule has 0 aliphatic rings. The Labute approximate surface area is 160 Å². The molecule has 152 valence electrons. The van der Waals surface area contributed by atoms with Crippen LogP contribution in [-0.2, 0) is 19.0 Å². The van der Waals surface area contributed by atoms with Gasteiger partial charge in [-0.15, -0.1) is 0 Å². The lowest BCUT2D eigenvalue weighted by atomic mass is 10.1. The van der Waals surface area contributed by atoms with E-state index in [1.165, 1.54) is 13.2 Å². The summed E-state index contributed by atoms with van der Waals surface area (Å²) in [5.41, 5.74) is 5.94. The zero-order valence-corrected chi connectivity index (χ0v) is 16.8. The van der Waals surface area contributed by atoms with Gasteiger partial charge in [-0.25, -0.2) is 4.79 Å². The van der Waals surface area contributed by atoms with Gasteiger partial charge in [0.15, 0.2) is 6.04 Å². The molecule has 1 aromatic rings. The highest BCUT2D eigenvalue weighted by Gasteiger charge is 2.32. The lowest BCUT2D eigenvalue weighted by Crippen LogP contribution is -2.51. The standard InChI is InChI=1S/C19H30N2O6/c1-12(27-19(2,3)4)16(18(23)25-6)21-17(22)14-8-7-13(11-15(14)20)26-10-9-24-5/h7-8,11-12,16H,9-10,20H2,1-6H3,(H,21,22)/t12?,16-/m0/s1. The van der Waals surface area contributed by atoms with Crippen LogP contribution in [0.3, 0.4) is 0 Å². The smallest absolute Gasteiger partial charge is 0.331 e. The van der Waals surface area contributed by atoms with Crippen LogP contribution in [0.25, 0.3) is 0 Å². The van der Waals surface area contributed by atoms with Crippen LogP contribution in [0, 0.1) is 0 Å². The number of carbonyl (C=O) groups excluding carboxylic acids is 2. The monoisotopic (exact) mass is 382 g/mol. The molecule has 0 spiro atoms. The predicted molar refractivity (Wildman–Crippen MR) is 102 cm³/mol. The van der Waals surface area contributed by atoms with Crippen LogP contribution < -0.4 is 15.8 Å². The van der Waals surface area contributed by atoms with Crippen LogP contribution in [0.15, 0.2) is 18.2 Å². The molecule has 1 unspecified atom stereocenters. The lowest BCUT2D eigenvalue weighted by Gasteiger charge is -2.30. The number of methoxy groups -OCH3 is 2. The first-order valence-corrected chi connectivity index (χ1v) is 8.66. The highest BCUT2D eigenvalue weighted by atomic mass is 16.5. The summed E-state index contributed by atoms with van der Waals surface area (Å²) >= 11 is 0. The first-order valence-electron chi connectivity index (χ1n) is 8.66. The number of carbonyl (C=O) groups is 2. The summed E-state index contributed by atoms with van der Waals surface area (Å²) in [4.78, 5) is 24.7. The van der Waals surface area contributed by atoms with E-state index in [-0.39, 0.29) is 11.3 Å². The van der Waals surface area contributed by atoms with E-state index in [0.717, 1.165) is 0 Å². The van der Waals surface area contributed by atoms with Crippen molar-refractivity contribution in [2.75, 3.05) is 33.2 Å². The summed E-state index contributed by atoms with van der Waals surface area (Å²) in [6.45, 7) is 8.09. The number of nitrogens with two attached hydrogens (primary N) is 1. The molecule has 1 amide bonds. The molecule has 0 saturated heterocycles. The van der Waals surface area contributed by atoms with Gasteiger partial charge in [0, 0.05) is 18.9 Å². The summed E-state index contributed by atoms with van der Waals surface area (Å²) in [6, 6.07) is 3.74. The van der Waals surface area contributed by atoms with Gasteiger partial charge in [-0.3, -0.25) is 4.79 Å². The average molecular weight is 382 g/mol. The van der Waals surface area contributed by atoms with Gasteiger partial charge in [0.25, 0.3) is 5.91 Å². The molecule has 0 fully saturated rings. The topological polar surface area (TPSA) is 109 Å². The van der Waals surface area contributed by atoms with Crippen molar-refractivity contribution in [3.05, 3.63) is 23.8 Å². The minimum Gasteiger partial charge on any atom is -0.491 e. The second-order valence-corrected chi connectivity index (χ2v) is 7.00. The number of esters is 1. The summed E-state index contributed by atoms with van der Waals surface area (Å²) < 4.78 is 21.0. The van der Waals surface area contributed by atoms with Gasteiger partial charge < -0.3 is 30.0 Å². The molecule has 0 aliphatic carbocycles. The van der Waals surface area contributed by atoms with E-state index in [1.807, 2.05) is 20.8 Å². The Hall–Kier alpha value is -2.32. The van der Waals surface area contributed by atoms with Crippen molar-refractivity contribution in [2.45, 2.75) is 45.4 Å². The Morgan fingerprint density at radius 1 is 1.19 bits per heavy atom. The van der Waals surface area contributed by atoms with E-state index in [2.05, 4.69) is 5.32 Å². The number of ether oxygens (including phenoxy) is 4. The zero-order chi connectivity index (χ0) is 20.6. The average Bonchev–Trinajstić information content (AvgIpc) is 2.57. The van der Waals surface area contributed by atoms with Crippen molar-refractivity contribution in [1.29, 1.82) is 0 Å². The Morgan fingerprint density at radius 3 is 2.37 bits per heavy atom. The van der Waals surface area contributed by atoms with Crippen molar-refractivity contribution >= 4 is 17.6 Å². The van der Waals surface area contributed by atoms with Gasteiger partial charge >= 0.3 is 5.97 Å². The molecular weight excluding hydrogens is 352 g/mol. The van der Waals surface area contributed by atoms with Crippen LogP contribution in [0.2, 0.25) is 0 Å². The molecule has 1 aromatic carbocycles. The maximum atomic E-state index is 12.6. The normalized spacial score (nSPS) is 13.6. The fourth-order valence-electron chi connectivity index (χ4n) is 2.42. The second kappa shape index (κ2) is 10.1. The number of anilines is 1. The number of nitrogen functional groups attached to an aromatic ring is 1. The lowest BCUT2D eigenvalue weighted by molar-refractivity contribution is -0.150. The van der Waals surface area contributed by atoms with E-state index in [1.54, 1.807) is 26.2 Å². The Kier molecular flexibility index (Phi) is 8.52. The number of benzene rings is 1. The first kappa shape index (κ1) is 22.7. The molecule has 2 atom stereocenters. The van der Waals surface area contributed by atoms with Crippen LogP contribution in [0.5, 0.6) is 5.75 Å². The molecule has 0 bridgehead atoms. The number of rotatable bonds is 9. The molecule has 1 rings (SSSR count). The zero-order valence-electron chi connectivity index (χ0n) is 16.8. The summed E-state index contributed by atoms with van der Waals surface area (Å²) in [7, 11) is 2.83. The minimum absolute atomic E-state index is 0.228. The van der Waals surface area contributed by atoms with Crippen molar-refractivity contribution in [3.63, 3.8) is 0 Å². The number of hydrogen-bond acceptors (Lipinski definition) is 7. The Morgan fingerprint density at radius 2 is 1.85 bits per heavy atom. The molecule has 0 aliphatic heterocycles. The third kappa shape index (κ3) is 7.44. The maximum absolute atomic E-state index is 12.6. The van der Waals surface area contributed by atoms with E-state index < -0.39 is 29.6 Å². The molecule has 0 radical (unpaired) electrons. The van der Waals surface area contributed by atoms with Gasteiger partial charge in [-0.05, 0) is 39.8 Å². The first-order chi connectivity index (χ1) is 12.6. The highest BCUT2D eigenvalue weighted by Crippen LogP contribution is 2.21. The SMILES string of the molecule is COCCOc1ccc(C(=O)N[C@H](C(=O)OC)C(C)OC(C)(C)C)c(N)c1. The molecule has 0 saturated carbocycles. The second-order valence-electron chi connectivity index (χ2n) is 7.00. The summed E-state index contributed by atoms with van der Waals surface area (Å²) in [5, 5.41) is 2.64. The van der Waals surface area contributed by atoms with Crippen molar-refractivity contribution in [2.24, 2.45) is 0 Å². The Bertz CT molecular complexity index is 642. The van der Waals surface area contributed by atoms with Gasteiger partial charge in [0.05, 0.1) is 31.0 Å². The molecule has 27 heavy (non-hydrogen) atoms. The van der Waals surface area contributed by atoms with Crippen molar-refractivity contribution < 1.29 is 28.5 Å². The quantitative estimate of drug-likeness (QED) is 0.380. The summed E-state index contributed by atoms with van der Waals surface area (Å²) in [5.74, 6) is -0.580. The predicted octanol–water partition coefficient (Wildman–Crippen LogP) is 1.77. The van der Waals surface area contributed by atoms with Crippen molar-refractivity contribution in [1.82, 2.24) is 5.32 Å². The van der Waals surface area contributed by atoms with Crippen LogP contribution in [0.1, 0.15) is 38.1 Å². The van der Waals surface area contributed by atoms with Crippen LogP contribution >= 0.6 is 0 Å². The number of amides is 1. The van der Waals surface area contributed by atoms with Gasteiger partial charge in [0.2, 0.25) is 0 Å². The van der Waals surface area contributed by atoms with Crippen molar-refractivity contribution in [3.8, 4) is 5.75 Å². The Balaban J connectivity index is 2.90. The van der Waals surface area contributed by atoms with Gasteiger partial charge in [-0.2, -0.15) is 0 Å². The molecule has 3 N–H and O–H groups in total. The summed E-state index contributed by atoms with van der Waals surface area (Å²) in [6.07, 6.45) is -0.598. The fourth-order valence-corrected chi connectivity index (χ4v) is 2.42. The van der Waals surface area contributed by atoms with Gasteiger partial charge in [-0.1, -0.05) is 0 Å². The fraction of sp³-hybridized carbons (Fsp3) is 0.579. The number of nitrogens with one attached hydrogen (secondary N) is 1. The van der Waals surface area contributed by atoms with Crippen LogP contribution in [-0.4, -0.2) is 57.1 Å². The van der Waals surface area contributed by atoms with E-state index >= 15 is 0 Å². The van der Waals surface area contributed by atoms with Crippen LogP contribution in [0.4, 0.5) is 5.69 Å². The van der Waals surface area contributed by atoms with E-state index in [0.29, 0.717) is 19.0 Å². The maximum Gasteiger partial charge on any atom is 0.331 e. The largest absolute Gasteiger partial charge is 0.491 e. The molecule has 8 heteroatoms. The number of hydrogen-bond donors (Lipinski definition) is 2. The minimum atomic E-state index is -0.973. The van der Waals surface area contributed by atoms with E-state index in [4.69, 9.17) is 24.7 Å². The highest BCUT2D eigenvalue weighted by molar-refractivity contribution is 6.01. The molecule has 8 nitrogen and oxygen atoms in total. The van der Waals surface area contributed by atoms with Gasteiger partial charge in [0.1, 0.15) is 12.4 Å². The molecular formula is C19H30N2O6. The molecule has 0 heterocycles. The molecule has 0 aromatic heterocycles. The third-order valence-corrected chi connectivity index (χ3v) is 3.57. The third-order valence-electron chi connectivity index (χ3n) is 3.57. The van der Waals surface area contributed by atoms with E-state index in [9.17, 15) is 9.59 Å².